The van der Waals surface area contributed by atoms with Crippen LogP contribution in [-0.4, -0.2) is 11.0 Å². The lowest BCUT2D eigenvalue weighted by atomic mass is 10.2. The topological polar surface area (TPSA) is 67.1 Å². The van der Waals surface area contributed by atoms with Crippen molar-refractivity contribution < 1.29 is 9.18 Å². The molecule has 0 bridgehead atoms. The third-order valence-corrected chi connectivity index (χ3v) is 3.48. The maximum atomic E-state index is 13.0. The Balaban J connectivity index is 2.08. The molecule has 0 aliphatic heterocycles. The minimum absolute atomic E-state index is 0.270. The summed E-state index contributed by atoms with van der Waals surface area (Å²) in [5, 5.41) is 5.18. The Bertz CT molecular complexity index is 708. The van der Waals surface area contributed by atoms with Crippen LogP contribution in [0, 0.1) is 5.82 Å². The number of amides is 2. The molecule has 7 heteroatoms. The van der Waals surface area contributed by atoms with E-state index in [1.165, 1.54) is 18.2 Å². The second-order valence-corrected chi connectivity index (χ2v) is 5.44. The molecule has 0 aliphatic rings. The van der Waals surface area contributed by atoms with E-state index in [0.29, 0.717) is 21.4 Å². The molecule has 0 unspecified atom stereocenters. The molecule has 108 valence electrons. The molecule has 2 rings (SSSR count). The van der Waals surface area contributed by atoms with Gasteiger partial charge in [0, 0.05) is 15.7 Å². The van der Waals surface area contributed by atoms with E-state index in [1.807, 2.05) is 0 Å². The van der Waals surface area contributed by atoms with E-state index in [0.717, 1.165) is 0 Å². The number of carbonyl (C=O) groups excluding carboxylic acids is 1. The van der Waals surface area contributed by atoms with Crippen LogP contribution in [0.1, 0.15) is 5.56 Å². The smallest absolute Gasteiger partial charge is 0.323 e. The highest BCUT2D eigenvalue weighted by Crippen LogP contribution is 2.24. The Kier molecular flexibility index (Phi) is 4.87. The molecule has 2 aromatic rings. The average Bonchev–Trinajstić information content (AvgIpc) is 2.40. The summed E-state index contributed by atoms with van der Waals surface area (Å²) >= 11 is 8.20. The van der Waals surface area contributed by atoms with Crippen molar-refractivity contribution in [1.29, 1.82) is 0 Å². The zero-order valence-corrected chi connectivity index (χ0v) is 13.1. The van der Waals surface area contributed by atoms with Crippen LogP contribution >= 0.6 is 28.1 Å². The minimum Gasteiger partial charge on any atom is -0.389 e. The molecule has 0 spiro atoms. The van der Waals surface area contributed by atoms with Gasteiger partial charge in [-0.15, -0.1) is 0 Å². The highest BCUT2D eigenvalue weighted by molar-refractivity contribution is 9.10. The van der Waals surface area contributed by atoms with Crippen LogP contribution in [0.15, 0.2) is 46.9 Å². The van der Waals surface area contributed by atoms with Gasteiger partial charge in [0.2, 0.25) is 0 Å². The van der Waals surface area contributed by atoms with Gasteiger partial charge in [-0.25, -0.2) is 9.18 Å². The van der Waals surface area contributed by atoms with Gasteiger partial charge in [0.05, 0.1) is 5.69 Å². The Hall–Kier alpha value is -1.99. The summed E-state index contributed by atoms with van der Waals surface area (Å²) in [4.78, 5) is 12.1. The molecule has 0 aromatic heterocycles. The van der Waals surface area contributed by atoms with Crippen LogP contribution in [0.5, 0.6) is 0 Å². The largest absolute Gasteiger partial charge is 0.389 e. The van der Waals surface area contributed by atoms with Crippen molar-refractivity contribution >= 4 is 50.5 Å². The van der Waals surface area contributed by atoms with Crippen LogP contribution in [0.4, 0.5) is 20.6 Å². The third kappa shape index (κ3) is 4.24. The van der Waals surface area contributed by atoms with Gasteiger partial charge in [0.1, 0.15) is 10.8 Å². The number of anilines is 2. The highest BCUT2D eigenvalue weighted by atomic mass is 79.9. The second kappa shape index (κ2) is 6.64. The summed E-state index contributed by atoms with van der Waals surface area (Å²) < 4.78 is 13.7. The number of urea groups is 1. The second-order valence-electron chi connectivity index (χ2n) is 4.15. The first-order chi connectivity index (χ1) is 9.95. The van der Waals surface area contributed by atoms with E-state index in [4.69, 9.17) is 18.0 Å². The van der Waals surface area contributed by atoms with Crippen molar-refractivity contribution in [2.24, 2.45) is 5.73 Å². The Morgan fingerprint density at radius 1 is 1.19 bits per heavy atom. The first-order valence-electron chi connectivity index (χ1n) is 5.88. The summed E-state index contributed by atoms with van der Waals surface area (Å²) in [6, 6.07) is 10.2. The maximum Gasteiger partial charge on any atom is 0.323 e. The van der Waals surface area contributed by atoms with Gasteiger partial charge in [-0.05, 0) is 52.3 Å². The standard InChI is InChI=1S/C14H11BrFN3OS/c15-11-6-8(13(17)21)4-5-12(11)19-14(20)18-10-3-1-2-9(16)7-10/h1-7H,(H2,17,21)(H2,18,19,20). The lowest BCUT2D eigenvalue weighted by Gasteiger charge is -2.10. The van der Waals surface area contributed by atoms with Gasteiger partial charge in [-0.1, -0.05) is 18.3 Å². The van der Waals surface area contributed by atoms with Crippen LogP contribution in [-0.2, 0) is 0 Å². The first kappa shape index (κ1) is 15.4. The van der Waals surface area contributed by atoms with Crippen molar-refractivity contribution in [3.63, 3.8) is 0 Å². The van der Waals surface area contributed by atoms with Crippen molar-refractivity contribution in [3.8, 4) is 0 Å². The summed E-state index contributed by atoms with van der Waals surface area (Å²) in [7, 11) is 0. The Morgan fingerprint density at radius 2 is 1.95 bits per heavy atom. The third-order valence-electron chi connectivity index (χ3n) is 2.58. The molecule has 4 nitrogen and oxygen atoms in total. The number of hydrogen-bond acceptors (Lipinski definition) is 2. The van der Waals surface area contributed by atoms with Crippen molar-refractivity contribution in [3.05, 3.63) is 58.3 Å². The molecular formula is C14H11BrFN3OS. The normalized spacial score (nSPS) is 10.0. The molecule has 4 N–H and O–H groups in total. The molecule has 0 atom stereocenters. The van der Waals surface area contributed by atoms with Crippen LogP contribution in [0.25, 0.3) is 0 Å². The number of nitrogens with one attached hydrogen (secondary N) is 2. The molecule has 0 saturated heterocycles. The quantitative estimate of drug-likeness (QED) is 0.721. The molecule has 0 saturated carbocycles. The summed E-state index contributed by atoms with van der Waals surface area (Å²) in [5.74, 6) is -0.421. The number of hydrogen-bond donors (Lipinski definition) is 3. The number of rotatable bonds is 3. The van der Waals surface area contributed by atoms with Gasteiger partial charge in [-0.3, -0.25) is 0 Å². The van der Waals surface area contributed by atoms with E-state index >= 15 is 0 Å². The highest BCUT2D eigenvalue weighted by Gasteiger charge is 2.08. The summed E-state index contributed by atoms with van der Waals surface area (Å²) in [5.41, 5.74) is 7.12. The van der Waals surface area contributed by atoms with Gasteiger partial charge >= 0.3 is 6.03 Å². The maximum absolute atomic E-state index is 13.0. The summed E-state index contributed by atoms with van der Waals surface area (Å²) in [6.07, 6.45) is 0. The zero-order chi connectivity index (χ0) is 15.4. The predicted octanol–water partition coefficient (Wildman–Crippen LogP) is 3.87. The SMILES string of the molecule is NC(=S)c1ccc(NC(=O)Nc2cccc(F)c2)c(Br)c1. The number of carbonyl (C=O) groups is 1. The molecule has 0 heterocycles. The molecular weight excluding hydrogens is 357 g/mol. The van der Waals surface area contributed by atoms with Crippen LogP contribution < -0.4 is 16.4 Å². The number of halogens is 2. The molecule has 0 radical (unpaired) electrons. The molecule has 0 fully saturated rings. The molecule has 0 aliphatic carbocycles. The fourth-order valence-corrected chi connectivity index (χ4v) is 2.23. The predicted molar refractivity (Wildman–Crippen MR) is 89.1 cm³/mol. The zero-order valence-electron chi connectivity index (χ0n) is 10.7. The monoisotopic (exact) mass is 367 g/mol. The summed E-state index contributed by atoms with van der Waals surface area (Å²) in [6.45, 7) is 0. The van der Waals surface area contributed by atoms with Gasteiger partial charge in [0.25, 0.3) is 0 Å². The Morgan fingerprint density at radius 3 is 2.57 bits per heavy atom. The fourth-order valence-electron chi connectivity index (χ4n) is 1.62. The molecule has 2 amide bonds. The van der Waals surface area contributed by atoms with Crippen molar-refractivity contribution in [2.45, 2.75) is 0 Å². The van der Waals surface area contributed by atoms with Crippen LogP contribution in [0.2, 0.25) is 0 Å². The Labute approximate surface area is 134 Å². The van der Waals surface area contributed by atoms with Crippen molar-refractivity contribution in [2.75, 3.05) is 10.6 Å². The van der Waals surface area contributed by atoms with E-state index < -0.39 is 11.8 Å². The molecule has 2 aromatic carbocycles. The van der Waals surface area contributed by atoms with E-state index in [1.54, 1.807) is 24.3 Å². The first-order valence-corrected chi connectivity index (χ1v) is 7.09. The lowest BCUT2D eigenvalue weighted by molar-refractivity contribution is 0.262. The van der Waals surface area contributed by atoms with Gasteiger partial charge < -0.3 is 16.4 Å². The molecule has 21 heavy (non-hydrogen) atoms. The average molecular weight is 368 g/mol. The van der Waals surface area contributed by atoms with E-state index in [9.17, 15) is 9.18 Å². The van der Waals surface area contributed by atoms with E-state index in [-0.39, 0.29) is 4.99 Å². The number of nitrogens with two attached hydrogens (primary N) is 1. The number of benzene rings is 2. The number of thiocarbonyl (C=S) groups is 1. The van der Waals surface area contributed by atoms with E-state index in [2.05, 4.69) is 26.6 Å². The van der Waals surface area contributed by atoms with Crippen LogP contribution in [0.3, 0.4) is 0 Å². The lowest BCUT2D eigenvalue weighted by Crippen LogP contribution is -2.20. The fraction of sp³-hybridized carbons (Fsp3) is 0. The van der Waals surface area contributed by atoms with Crippen molar-refractivity contribution in [1.82, 2.24) is 0 Å². The van der Waals surface area contributed by atoms with Gasteiger partial charge in [-0.2, -0.15) is 0 Å². The minimum atomic E-state index is -0.482. The van der Waals surface area contributed by atoms with Gasteiger partial charge in [0.15, 0.2) is 0 Å².